The lowest BCUT2D eigenvalue weighted by Gasteiger charge is -2.13. The number of carboxylic acids is 1. The highest BCUT2D eigenvalue weighted by molar-refractivity contribution is 5.68. The molecule has 1 atom stereocenters. The third-order valence-electron chi connectivity index (χ3n) is 2.70. The number of carbonyl (C=O) groups is 1. The van der Waals surface area contributed by atoms with Crippen molar-refractivity contribution < 1.29 is 9.90 Å². The second kappa shape index (κ2) is 3.78. The number of pyridine rings is 1. The molecule has 1 aliphatic carbocycles. The Balaban J connectivity index is 2.14. The van der Waals surface area contributed by atoms with Gasteiger partial charge in [0.1, 0.15) is 0 Å². The summed E-state index contributed by atoms with van der Waals surface area (Å²) in [7, 11) is 0. The van der Waals surface area contributed by atoms with Crippen LogP contribution in [0.2, 0.25) is 0 Å². The van der Waals surface area contributed by atoms with Crippen LogP contribution in [-0.4, -0.2) is 16.1 Å². The molecule has 0 spiro atoms. The lowest BCUT2D eigenvalue weighted by atomic mass is 9.92. The summed E-state index contributed by atoms with van der Waals surface area (Å²) in [6.07, 6.45) is 6.05. The van der Waals surface area contributed by atoms with Crippen LogP contribution in [0.15, 0.2) is 24.5 Å². The number of nitrogens with zero attached hydrogens (tertiary/aromatic N) is 1. The van der Waals surface area contributed by atoms with E-state index in [1.165, 1.54) is 0 Å². The summed E-state index contributed by atoms with van der Waals surface area (Å²) < 4.78 is 0. The van der Waals surface area contributed by atoms with Crippen LogP contribution in [-0.2, 0) is 4.79 Å². The largest absolute Gasteiger partial charge is 0.481 e. The lowest BCUT2D eigenvalue weighted by Crippen LogP contribution is -2.08. The van der Waals surface area contributed by atoms with Crippen LogP contribution in [0.25, 0.3) is 0 Å². The number of aliphatic carboxylic acids is 1. The average Bonchev–Trinajstić information content (AvgIpc) is 2.99. The highest BCUT2D eigenvalue weighted by Crippen LogP contribution is 2.44. The van der Waals surface area contributed by atoms with E-state index in [1.807, 2.05) is 12.1 Å². The first-order chi connectivity index (χ1) is 6.77. The van der Waals surface area contributed by atoms with E-state index in [2.05, 4.69) is 4.98 Å². The van der Waals surface area contributed by atoms with Gasteiger partial charge in [-0.05, 0) is 36.3 Å². The maximum atomic E-state index is 10.7. The SMILES string of the molecule is O=C(O)CC(c1cccnc1)C1CC1. The van der Waals surface area contributed by atoms with Crippen molar-refractivity contribution in [2.24, 2.45) is 5.92 Å². The molecule has 0 radical (unpaired) electrons. The monoisotopic (exact) mass is 191 g/mol. The van der Waals surface area contributed by atoms with E-state index in [1.54, 1.807) is 12.4 Å². The van der Waals surface area contributed by atoms with E-state index >= 15 is 0 Å². The zero-order chi connectivity index (χ0) is 9.97. The van der Waals surface area contributed by atoms with Crippen LogP contribution in [0.1, 0.15) is 30.7 Å². The van der Waals surface area contributed by atoms with Gasteiger partial charge >= 0.3 is 5.97 Å². The molecule has 1 heterocycles. The number of aromatic nitrogens is 1. The molecule has 0 aliphatic heterocycles. The van der Waals surface area contributed by atoms with Crippen molar-refractivity contribution in [2.45, 2.75) is 25.2 Å². The fourth-order valence-corrected chi connectivity index (χ4v) is 1.84. The standard InChI is InChI=1S/C11H13NO2/c13-11(14)6-10(8-3-4-8)9-2-1-5-12-7-9/h1-2,5,7-8,10H,3-4,6H2,(H,13,14). The van der Waals surface area contributed by atoms with E-state index < -0.39 is 5.97 Å². The van der Waals surface area contributed by atoms with Crippen LogP contribution < -0.4 is 0 Å². The van der Waals surface area contributed by atoms with Gasteiger partial charge in [-0.2, -0.15) is 0 Å². The van der Waals surface area contributed by atoms with E-state index in [-0.39, 0.29) is 12.3 Å². The molecular formula is C11H13NO2. The lowest BCUT2D eigenvalue weighted by molar-refractivity contribution is -0.137. The van der Waals surface area contributed by atoms with E-state index in [4.69, 9.17) is 5.11 Å². The van der Waals surface area contributed by atoms with Gasteiger partial charge in [-0.1, -0.05) is 6.07 Å². The van der Waals surface area contributed by atoms with Gasteiger partial charge in [-0.15, -0.1) is 0 Å². The minimum atomic E-state index is -0.717. The van der Waals surface area contributed by atoms with Crippen molar-refractivity contribution in [3.05, 3.63) is 30.1 Å². The smallest absolute Gasteiger partial charge is 0.303 e. The van der Waals surface area contributed by atoms with Crippen molar-refractivity contribution in [1.29, 1.82) is 0 Å². The predicted octanol–water partition coefficient (Wildman–Crippen LogP) is 2.05. The molecule has 1 N–H and O–H groups in total. The first kappa shape index (κ1) is 9.19. The Bertz CT molecular complexity index is 319. The Morgan fingerprint density at radius 2 is 2.43 bits per heavy atom. The molecule has 1 aliphatic rings. The molecule has 3 nitrogen and oxygen atoms in total. The summed E-state index contributed by atoms with van der Waals surface area (Å²) in [4.78, 5) is 14.7. The molecule has 1 unspecified atom stereocenters. The second-order valence-corrected chi connectivity index (χ2v) is 3.83. The van der Waals surface area contributed by atoms with Gasteiger partial charge in [0, 0.05) is 12.4 Å². The minimum absolute atomic E-state index is 0.168. The summed E-state index contributed by atoms with van der Waals surface area (Å²) in [5, 5.41) is 8.80. The second-order valence-electron chi connectivity index (χ2n) is 3.83. The molecule has 2 rings (SSSR count). The number of rotatable bonds is 4. The zero-order valence-corrected chi connectivity index (χ0v) is 7.89. The van der Waals surface area contributed by atoms with Gasteiger partial charge in [0.25, 0.3) is 0 Å². The maximum Gasteiger partial charge on any atom is 0.303 e. The Morgan fingerprint density at radius 3 is 2.93 bits per heavy atom. The van der Waals surface area contributed by atoms with Gasteiger partial charge in [-0.3, -0.25) is 9.78 Å². The van der Waals surface area contributed by atoms with E-state index in [0.29, 0.717) is 5.92 Å². The predicted molar refractivity (Wildman–Crippen MR) is 52.0 cm³/mol. The van der Waals surface area contributed by atoms with Crippen LogP contribution in [0.5, 0.6) is 0 Å². The molecule has 0 aromatic carbocycles. The molecule has 1 saturated carbocycles. The molecule has 0 amide bonds. The fourth-order valence-electron chi connectivity index (χ4n) is 1.84. The van der Waals surface area contributed by atoms with Crippen molar-refractivity contribution in [3.8, 4) is 0 Å². The van der Waals surface area contributed by atoms with E-state index in [0.717, 1.165) is 18.4 Å². The first-order valence-electron chi connectivity index (χ1n) is 4.89. The normalized spacial score (nSPS) is 17.7. The Morgan fingerprint density at radius 1 is 1.64 bits per heavy atom. The summed E-state index contributed by atoms with van der Waals surface area (Å²) in [5.74, 6) is 0.0160. The number of hydrogen-bond acceptors (Lipinski definition) is 2. The molecule has 1 aromatic rings. The third kappa shape index (κ3) is 2.10. The summed E-state index contributed by atoms with van der Waals surface area (Å²) in [5.41, 5.74) is 1.07. The zero-order valence-electron chi connectivity index (χ0n) is 7.89. The summed E-state index contributed by atoms with van der Waals surface area (Å²) in [6.45, 7) is 0. The van der Waals surface area contributed by atoms with Crippen LogP contribution >= 0.6 is 0 Å². The van der Waals surface area contributed by atoms with Gasteiger partial charge in [0.15, 0.2) is 0 Å². The van der Waals surface area contributed by atoms with Crippen LogP contribution in [0.3, 0.4) is 0 Å². The molecule has 1 fully saturated rings. The van der Waals surface area contributed by atoms with Gasteiger partial charge in [-0.25, -0.2) is 0 Å². The molecule has 0 saturated heterocycles. The van der Waals surface area contributed by atoms with Gasteiger partial charge in [0.2, 0.25) is 0 Å². The number of carboxylic acid groups (broad SMARTS) is 1. The third-order valence-corrected chi connectivity index (χ3v) is 2.70. The Hall–Kier alpha value is -1.38. The molecular weight excluding hydrogens is 178 g/mol. The summed E-state index contributed by atoms with van der Waals surface area (Å²) >= 11 is 0. The first-order valence-corrected chi connectivity index (χ1v) is 4.89. The van der Waals surface area contributed by atoms with Crippen molar-refractivity contribution in [1.82, 2.24) is 4.98 Å². The maximum absolute atomic E-state index is 10.7. The van der Waals surface area contributed by atoms with Gasteiger partial charge in [0.05, 0.1) is 6.42 Å². The minimum Gasteiger partial charge on any atom is -0.481 e. The van der Waals surface area contributed by atoms with Crippen molar-refractivity contribution in [2.75, 3.05) is 0 Å². The quantitative estimate of drug-likeness (QED) is 0.792. The molecule has 14 heavy (non-hydrogen) atoms. The van der Waals surface area contributed by atoms with E-state index in [9.17, 15) is 4.79 Å². The highest BCUT2D eigenvalue weighted by atomic mass is 16.4. The van der Waals surface area contributed by atoms with Crippen LogP contribution in [0.4, 0.5) is 0 Å². The topological polar surface area (TPSA) is 50.2 Å². The number of hydrogen-bond donors (Lipinski definition) is 1. The molecule has 1 aromatic heterocycles. The summed E-state index contributed by atoms with van der Waals surface area (Å²) in [6, 6.07) is 3.84. The van der Waals surface area contributed by atoms with Crippen molar-refractivity contribution in [3.63, 3.8) is 0 Å². The highest BCUT2D eigenvalue weighted by Gasteiger charge is 2.33. The Labute approximate surface area is 82.8 Å². The van der Waals surface area contributed by atoms with Gasteiger partial charge < -0.3 is 5.11 Å². The average molecular weight is 191 g/mol. The fraction of sp³-hybridized carbons (Fsp3) is 0.455. The molecule has 74 valence electrons. The Kier molecular flexibility index (Phi) is 2.48. The molecule has 3 heteroatoms. The van der Waals surface area contributed by atoms with Crippen LogP contribution in [0, 0.1) is 5.92 Å². The molecule has 0 bridgehead atoms. The van der Waals surface area contributed by atoms with Crippen molar-refractivity contribution >= 4 is 5.97 Å².